The van der Waals surface area contributed by atoms with Crippen LogP contribution in [0.1, 0.15) is 12.0 Å². The van der Waals surface area contributed by atoms with E-state index in [0.717, 1.165) is 17.0 Å². The number of hydrogen-bond donors (Lipinski definition) is 1. The van der Waals surface area contributed by atoms with Gasteiger partial charge in [0.25, 0.3) is 0 Å². The zero-order valence-electron chi connectivity index (χ0n) is 8.51. The molecule has 2 rings (SSSR count). The van der Waals surface area contributed by atoms with Crippen LogP contribution in [0.5, 0.6) is 5.75 Å². The number of aliphatic hydroxyl groups excluding tert-OH is 1. The first-order valence-corrected chi connectivity index (χ1v) is 4.82. The molecule has 0 aliphatic carbocycles. The average Bonchev–Trinajstić information content (AvgIpc) is 2.77. The molecular formula is C11H13NO3. The highest BCUT2D eigenvalue weighted by molar-refractivity contribution is 6.03. The summed E-state index contributed by atoms with van der Waals surface area (Å²) in [5.41, 5.74) is 1.75. The highest BCUT2D eigenvalue weighted by Gasteiger charge is 2.23. The third-order valence-corrected chi connectivity index (χ3v) is 2.35. The van der Waals surface area contributed by atoms with Crippen molar-refractivity contribution in [3.8, 4) is 5.75 Å². The van der Waals surface area contributed by atoms with E-state index in [1.165, 1.54) is 0 Å². The van der Waals surface area contributed by atoms with E-state index >= 15 is 0 Å². The summed E-state index contributed by atoms with van der Waals surface area (Å²) in [6, 6.07) is 7.64. The quantitative estimate of drug-likeness (QED) is 0.809. The number of rotatable bonds is 3. The first kappa shape index (κ1) is 9.98. The molecule has 0 spiro atoms. The number of oxime groups is 1. The van der Waals surface area contributed by atoms with Gasteiger partial charge in [-0.3, -0.25) is 0 Å². The summed E-state index contributed by atoms with van der Waals surface area (Å²) >= 11 is 0. The summed E-state index contributed by atoms with van der Waals surface area (Å²) < 4.78 is 5.23. The maximum atomic E-state index is 8.93. The first-order chi connectivity index (χ1) is 7.35. The van der Waals surface area contributed by atoms with E-state index in [1.807, 2.05) is 24.3 Å². The molecule has 0 fully saturated rings. The van der Waals surface area contributed by atoms with Crippen LogP contribution in [0.3, 0.4) is 0 Å². The zero-order chi connectivity index (χ0) is 10.7. The van der Waals surface area contributed by atoms with Crippen molar-refractivity contribution in [1.29, 1.82) is 0 Å². The van der Waals surface area contributed by atoms with Crippen molar-refractivity contribution < 1.29 is 14.7 Å². The monoisotopic (exact) mass is 207 g/mol. The number of methoxy groups -OCH3 is 1. The highest BCUT2D eigenvalue weighted by Crippen LogP contribution is 2.24. The molecule has 1 unspecified atom stereocenters. The summed E-state index contributed by atoms with van der Waals surface area (Å²) in [6.45, 7) is -0.0118. The maximum Gasteiger partial charge on any atom is 0.156 e. The number of para-hydroxylation sites is 1. The molecule has 0 amide bonds. The largest absolute Gasteiger partial charge is 0.496 e. The molecule has 4 nitrogen and oxygen atoms in total. The zero-order valence-corrected chi connectivity index (χ0v) is 8.51. The number of hydrogen-bond acceptors (Lipinski definition) is 4. The fourth-order valence-electron chi connectivity index (χ4n) is 1.57. The van der Waals surface area contributed by atoms with E-state index in [4.69, 9.17) is 14.7 Å². The van der Waals surface area contributed by atoms with Crippen LogP contribution < -0.4 is 4.74 Å². The minimum Gasteiger partial charge on any atom is -0.496 e. The van der Waals surface area contributed by atoms with Crippen LogP contribution in [0.25, 0.3) is 0 Å². The lowest BCUT2D eigenvalue weighted by Crippen LogP contribution is -2.13. The molecule has 1 aromatic rings. The molecule has 0 bridgehead atoms. The molecular weight excluding hydrogens is 194 g/mol. The summed E-state index contributed by atoms with van der Waals surface area (Å²) in [5.74, 6) is 0.776. The molecule has 4 heteroatoms. The van der Waals surface area contributed by atoms with Crippen LogP contribution in [-0.4, -0.2) is 30.6 Å². The third kappa shape index (κ3) is 1.94. The lowest BCUT2D eigenvalue weighted by Gasteiger charge is -2.06. The van der Waals surface area contributed by atoms with E-state index in [2.05, 4.69) is 5.16 Å². The second-order valence-electron chi connectivity index (χ2n) is 3.35. The Balaban J connectivity index is 2.23. The Kier molecular flexibility index (Phi) is 2.87. The molecule has 1 heterocycles. The van der Waals surface area contributed by atoms with Crippen LogP contribution >= 0.6 is 0 Å². The van der Waals surface area contributed by atoms with Gasteiger partial charge in [0.2, 0.25) is 0 Å². The van der Waals surface area contributed by atoms with Gasteiger partial charge in [-0.2, -0.15) is 0 Å². The SMILES string of the molecule is COc1ccccc1C1=NOC(CO)C1. The lowest BCUT2D eigenvalue weighted by molar-refractivity contribution is 0.0390. The lowest BCUT2D eigenvalue weighted by atomic mass is 10.0. The topological polar surface area (TPSA) is 51.0 Å². The smallest absolute Gasteiger partial charge is 0.156 e. The van der Waals surface area contributed by atoms with Crippen LogP contribution in [0, 0.1) is 0 Å². The fraction of sp³-hybridized carbons (Fsp3) is 0.364. The molecule has 1 aromatic carbocycles. The highest BCUT2D eigenvalue weighted by atomic mass is 16.6. The number of aliphatic hydroxyl groups is 1. The summed E-state index contributed by atoms with van der Waals surface area (Å²) in [5, 5.41) is 12.9. The molecule has 0 saturated heterocycles. The van der Waals surface area contributed by atoms with Crippen LogP contribution in [0.2, 0.25) is 0 Å². The van der Waals surface area contributed by atoms with Crippen molar-refractivity contribution in [3.05, 3.63) is 29.8 Å². The first-order valence-electron chi connectivity index (χ1n) is 4.82. The fourth-order valence-corrected chi connectivity index (χ4v) is 1.57. The van der Waals surface area contributed by atoms with Crippen molar-refractivity contribution in [2.75, 3.05) is 13.7 Å². The molecule has 0 radical (unpaired) electrons. The van der Waals surface area contributed by atoms with Gasteiger partial charge in [-0.15, -0.1) is 0 Å². The molecule has 0 aromatic heterocycles. The third-order valence-electron chi connectivity index (χ3n) is 2.35. The minimum absolute atomic E-state index is 0.0118. The Bertz CT molecular complexity index is 376. The summed E-state index contributed by atoms with van der Waals surface area (Å²) in [7, 11) is 1.62. The molecule has 1 aliphatic rings. The molecule has 1 atom stereocenters. The van der Waals surface area contributed by atoms with E-state index in [9.17, 15) is 0 Å². The Labute approximate surface area is 88.1 Å². The Morgan fingerprint density at radius 3 is 3.00 bits per heavy atom. The molecule has 1 N–H and O–H groups in total. The van der Waals surface area contributed by atoms with E-state index in [1.54, 1.807) is 7.11 Å². The van der Waals surface area contributed by atoms with Gasteiger partial charge >= 0.3 is 0 Å². The molecule has 80 valence electrons. The Morgan fingerprint density at radius 1 is 1.53 bits per heavy atom. The van der Waals surface area contributed by atoms with Gasteiger partial charge in [0.05, 0.1) is 19.4 Å². The van der Waals surface area contributed by atoms with E-state index in [0.29, 0.717) is 6.42 Å². The Morgan fingerprint density at radius 2 is 2.33 bits per heavy atom. The van der Waals surface area contributed by atoms with Gasteiger partial charge in [0, 0.05) is 12.0 Å². The number of nitrogens with zero attached hydrogens (tertiary/aromatic N) is 1. The van der Waals surface area contributed by atoms with Gasteiger partial charge in [-0.25, -0.2) is 0 Å². The second-order valence-corrected chi connectivity index (χ2v) is 3.35. The van der Waals surface area contributed by atoms with Gasteiger partial charge in [-0.1, -0.05) is 17.3 Å². The summed E-state index contributed by atoms with van der Waals surface area (Å²) in [6.07, 6.45) is 0.404. The van der Waals surface area contributed by atoms with Gasteiger partial charge < -0.3 is 14.7 Å². The standard InChI is InChI=1S/C11H13NO3/c1-14-11-5-3-2-4-9(11)10-6-8(7-13)15-12-10/h2-5,8,13H,6-7H2,1H3. The second kappa shape index (κ2) is 4.31. The van der Waals surface area contributed by atoms with Crippen molar-refractivity contribution in [1.82, 2.24) is 0 Å². The van der Waals surface area contributed by atoms with Gasteiger partial charge in [0.1, 0.15) is 5.75 Å². The molecule has 0 saturated carbocycles. The van der Waals surface area contributed by atoms with Crippen molar-refractivity contribution >= 4 is 5.71 Å². The van der Waals surface area contributed by atoms with Crippen molar-refractivity contribution in [2.45, 2.75) is 12.5 Å². The minimum atomic E-state index is -0.218. The number of benzene rings is 1. The average molecular weight is 207 g/mol. The summed E-state index contributed by atoms with van der Waals surface area (Å²) in [4.78, 5) is 5.05. The number of ether oxygens (including phenoxy) is 1. The molecule has 15 heavy (non-hydrogen) atoms. The Hall–Kier alpha value is -1.55. The van der Waals surface area contributed by atoms with Crippen LogP contribution in [0.15, 0.2) is 29.4 Å². The van der Waals surface area contributed by atoms with Crippen LogP contribution in [-0.2, 0) is 4.84 Å². The van der Waals surface area contributed by atoms with E-state index in [-0.39, 0.29) is 12.7 Å². The van der Waals surface area contributed by atoms with Crippen LogP contribution in [0.4, 0.5) is 0 Å². The normalized spacial score (nSPS) is 19.6. The molecule has 1 aliphatic heterocycles. The van der Waals surface area contributed by atoms with Crippen molar-refractivity contribution in [2.24, 2.45) is 5.16 Å². The van der Waals surface area contributed by atoms with E-state index < -0.39 is 0 Å². The van der Waals surface area contributed by atoms with Gasteiger partial charge in [0.15, 0.2) is 6.10 Å². The maximum absolute atomic E-state index is 8.93. The predicted octanol–water partition coefficient (Wildman–Crippen LogP) is 1.18. The van der Waals surface area contributed by atoms with Crippen molar-refractivity contribution in [3.63, 3.8) is 0 Å². The predicted molar refractivity (Wildman–Crippen MR) is 56.1 cm³/mol. The van der Waals surface area contributed by atoms with Gasteiger partial charge in [-0.05, 0) is 12.1 Å².